The van der Waals surface area contributed by atoms with Crippen LogP contribution in [-0.2, 0) is 23.7 Å². The maximum absolute atomic E-state index is 12.5. The lowest BCUT2D eigenvalue weighted by atomic mass is 9.94. The summed E-state index contributed by atoms with van der Waals surface area (Å²) < 4.78 is 27.6. The van der Waals surface area contributed by atoms with Crippen LogP contribution in [-0.4, -0.2) is 82.0 Å². The molecule has 0 spiro atoms. The fourth-order valence-corrected chi connectivity index (χ4v) is 8.51. The second-order valence-corrected chi connectivity index (χ2v) is 18.9. The number of aryl methyl sites for hydroxylation is 2. The third-order valence-corrected chi connectivity index (χ3v) is 12.6. The monoisotopic (exact) mass is 1000 g/mol. The van der Waals surface area contributed by atoms with Crippen LogP contribution in [0.2, 0.25) is 0 Å². The average Bonchev–Trinajstić information content (AvgIpc) is 3.88. The van der Waals surface area contributed by atoms with E-state index in [-0.39, 0.29) is 37.8 Å². The Balaban J connectivity index is 0.000000169. The molecule has 0 aliphatic heterocycles. The van der Waals surface area contributed by atoms with Crippen LogP contribution in [0, 0.1) is 19.3 Å². The van der Waals surface area contributed by atoms with E-state index in [1.165, 1.54) is 17.6 Å². The van der Waals surface area contributed by atoms with Crippen molar-refractivity contribution in [3.63, 3.8) is 0 Å². The lowest BCUT2D eigenvalue weighted by molar-refractivity contribution is -0.0288. The quantitative estimate of drug-likeness (QED) is 0.0803. The van der Waals surface area contributed by atoms with Gasteiger partial charge < -0.3 is 28.8 Å². The van der Waals surface area contributed by atoms with Crippen molar-refractivity contribution in [2.75, 3.05) is 19.8 Å². The lowest BCUT2D eigenvalue weighted by Crippen LogP contribution is -2.37. The number of nitrogens with zero attached hydrogens (tertiary/aromatic N) is 3. The van der Waals surface area contributed by atoms with E-state index in [9.17, 15) is 29.1 Å². The van der Waals surface area contributed by atoms with Gasteiger partial charge in [0.25, 0.3) is 0 Å². The first-order valence-corrected chi connectivity index (χ1v) is 25.2. The van der Waals surface area contributed by atoms with Gasteiger partial charge in [0.1, 0.15) is 54.5 Å². The maximum Gasteiger partial charge on any atom is 0.339 e. The fraction of sp³-hybridized carbons (Fsp3) is 0.317. The molecule has 14 heteroatoms. The van der Waals surface area contributed by atoms with E-state index in [0.717, 1.165) is 73.5 Å². The topological polar surface area (TPSA) is 182 Å². The van der Waals surface area contributed by atoms with Gasteiger partial charge in [0.05, 0.1) is 33.2 Å². The number of carbonyl (C=O) groups excluding carboxylic acids is 5. The number of carbonyl (C=O) groups is 5. The van der Waals surface area contributed by atoms with Gasteiger partial charge in [0.2, 0.25) is 0 Å². The lowest BCUT2D eigenvalue weighted by Gasteiger charge is -2.28. The number of aromatic hydroxyl groups is 1. The normalized spacial score (nSPS) is 13.7. The summed E-state index contributed by atoms with van der Waals surface area (Å²) in [5.74, 6) is -2.13. The predicted octanol–water partition coefficient (Wildman–Crippen LogP) is 12.0. The van der Waals surface area contributed by atoms with Crippen molar-refractivity contribution in [3.05, 3.63) is 191 Å². The van der Waals surface area contributed by atoms with E-state index in [1.807, 2.05) is 50.2 Å². The maximum atomic E-state index is 12.5. The molecule has 0 radical (unpaired) electrons. The zero-order valence-corrected chi connectivity index (χ0v) is 42.2. The summed E-state index contributed by atoms with van der Waals surface area (Å²) in [6.07, 6.45) is 10.4. The number of ether oxygens (including phenoxy) is 5. The van der Waals surface area contributed by atoms with E-state index in [0.29, 0.717) is 33.5 Å². The van der Waals surface area contributed by atoms with Gasteiger partial charge in [-0.3, -0.25) is 0 Å². The molecule has 2 aliphatic rings. The van der Waals surface area contributed by atoms with Crippen molar-refractivity contribution in [1.82, 2.24) is 15.0 Å². The molecule has 1 aromatic heterocycles. The molecule has 0 bridgehead atoms. The smallest absolute Gasteiger partial charge is 0.339 e. The van der Waals surface area contributed by atoms with E-state index in [4.69, 9.17) is 23.7 Å². The number of rotatable bonds is 14. The minimum Gasteiger partial charge on any atom is -0.505 e. The molecule has 0 amide bonds. The highest BCUT2D eigenvalue weighted by molar-refractivity contribution is 6.03. The van der Waals surface area contributed by atoms with E-state index >= 15 is 0 Å². The first-order valence-electron chi connectivity index (χ1n) is 25.2. The highest BCUT2D eigenvalue weighted by Crippen LogP contribution is 2.28. The highest BCUT2D eigenvalue weighted by Gasteiger charge is 2.32. The van der Waals surface area contributed by atoms with Gasteiger partial charge in [-0.2, -0.15) is 0 Å². The molecule has 2 saturated carbocycles. The molecule has 74 heavy (non-hydrogen) atoms. The van der Waals surface area contributed by atoms with Gasteiger partial charge in [0, 0.05) is 0 Å². The Hall–Kier alpha value is -8.13. The molecule has 0 saturated heterocycles. The summed E-state index contributed by atoms with van der Waals surface area (Å²) in [5.41, 5.74) is 5.04. The second kappa shape index (κ2) is 26.5. The van der Waals surface area contributed by atoms with Gasteiger partial charge in [-0.15, -0.1) is 15.0 Å². The first kappa shape index (κ1) is 53.7. The highest BCUT2D eigenvalue weighted by atomic mass is 16.6. The molecular formula is C60H63N3O11. The first-order chi connectivity index (χ1) is 35.9. The van der Waals surface area contributed by atoms with Crippen LogP contribution in [0.15, 0.2) is 152 Å². The number of phenols is 1. The van der Waals surface area contributed by atoms with Crippen LogP contribution in [0.25, 0.3) is 16.7 Å². The van der Waals surface area contributed by atoms with Crippen molar-refractivity contribution < 1.29 is 52.8 Å². The third kappa shape index (κ3) is 15.4. The number of phenolic OH excluding ortho intramolecular Hbond substituents is 1. The number of esters is 5. The largest absolute Gasteiger partial charge is 0.505 e. The van der Waals surface area contributed by atoms with Gasteiger partial charge in [-0.05, 0) is 150 Å². The molecular weight excluding hydrogens is 939 g/mol. The Morgan fingerprint density at radius 2 is 0.851 bits per heavy atom. The fourth-order valence-electron chi connectivity index (χ4n) is 8.51. The van der Waals surface area contributed by atoms with Crippen LogP contribution in [0.4, 0.5) is 0 Å². The van der Waals surface area contributed by atoms with E-state index in [1.54, 1.807) is 122 Å². The summed E-state index contributed by atoms with van der Waals surface area (Å²) in [4.78, 5) is 63.6. The van der Waals surface area contributed by atoms with Crippen LogP contribution in [0.5, 0.6) is 5.75 Å². The zero-order valence-electron chi connectivity index (χ0n) is 42.2. The van der Waals surface area contributed by atoms with Gasteiger partial charge in [-0.1, -0.05) is 97.8 Å². The van der Waals surface area contributed by atoms with Crippen molar-refractivity contribution in [1.29, 1.82) is 0 Å². The molecule has 384 valence electrons. The minimum atomic E-state index is -0.945. The van der Waals surface area contributed by atoms with Crippen LogP contribution < -0.4 is 0 Å². The van der Waals surface area contributed by atoms with Gasteiger partial charge in [-0.25, -0.2) is 24.0 Å². The van der Waals surface area contributed by atoms with Crippen molar-refractivity contribution in [3.8, 4) is 11.4 Å². The SMILES string of the molecule is CC(COC(=O)c1ccccc1)(COC(=O)c1ccccc1)COC(=O)c1ccccc1.Cc1cc(C)c(O)c(-n2nc3ccccc3n2)c1.O=C(OC1CCCCC1)c1ccccc1C(=O)OC1CCCCC1. The third-order valence-electron chi connectivity index (χ3n) is 12.6. The van der Waals surface area contributed by atoms with Crippen molar-refractivity contribution >= 4 is 40.9 Å². The van der Waals surface area contributed by atoms with E-state index in [2.05, 4.69) is 10.2 Å². The molecule has 14 nitrogen and oxygen atoms in total. The van der Waals surface area contributed by atoms with Gasteiger partial charge >= 0.3 is 29.8 Å². The molecule has 1 heterocycles. The Morgan fingerprint density at radius 3 is 1.23 bits per heavy atom. The summed E-state index contributed by atoms with van der Waals surface area (Å²) in [7, 11) is 0. The second-order valence-electron chi connectivity index (χ2n) is 18.9. The predicted molar refractivity (Wildman–Crippen MR) is 279 cm³/mol. The standard InChI is InChI=1S/C26H24O6.C20H26O4.C14H13N3O/c1-26(17-30-23(27)20-11-5-2-6-12-20,18-31-24(28)21-13-7-3-8-14-21)19-32-25(29)22-15-9-4-10-16-22;21-19(23-15-9-3-1-4-10-15)17-13-7-8-14-18(17)20(22)24-16-11-5-2-6-12-16;1-9-7-10(2)14(18)13(8-9)17-15-11-5-3-4-6-12(11)16-17/h2-16H,17-19H2,1H3;7-8,13-16H,1-6,9-12H2;3-8,18H,1-2H3. The molecule has 0 atom stereocenters. The Morgan fingerprint density at radius 1 is 0.500 bits per heavy atom. The number of aromatic nitrogens is 3. The molecule has 7 aromatic rings. The average molecular weight is 1000 g/mol. The summed E-state index contributed by atoms with van der Waals surface area (Å²) in [6.45, 7) is 5.26. The molecule has 0 unspecified atom stereocenters. The molecule has 9 rings (SSSR count). The minimum absolute atomic E-state index is 0.0197. The molecule has 1 N–H and O–H groups in total. The zero-order chi connectivity index (χ0) is 52.3. The molecule has 6 aromatic carbocycles. The summed E-state index contributed by atoms with van der Waals surface area (Å²) in [5, 5.41) is 18.8. The van der Waals surface area contributed by atoms with Crippen LogP contribution in [0.3, 0.4) is 0 Å². The molecule has 2 aliphatic carbocycles. The number of benzene rings is 6. The Bertz CT molecular complexity index is 2750. The van der Waals surface area contributed by atoms with E-state index < -0.39 is 35.3 Å². The van der Waals surface area contributed by atoms with Crippen molar-refractivity contribution in [2.24, 2.45) is 5.41 Å². The Labute approximate surface area is 431 Å². The van der Waals surface area contributed by atoms with Crippen molar-refractivity contribution in [2.45, 2.75) is 97.2 Å². The number of hydrogen-bond donors (Lipinski definition) is 1. The van der Waals surface area contributed by atoms with Crippen LogP contribution >= 0.6 is 0 Å². The van der Waals surface area contributed by atoms with Gasteiger partial charge in [0.15, 0.2) is 0 Å². The number of fused-ring (bicyclic) bond motifs is 1. The summed E-state index contributed by atoms with van der Waals surface area (Å²) in [6, 6.07) is 43.9. The summed E-state index contributed by atoms with van der Waals surface area (Å²) >= 11 is 0. The Kier molecular flexibility index (Phi) is 19.2. The number of hydrogen-bond acceptors (Lipinski definition) is 13. The van der Waals surface area contributed by atoms with Crippen LogP contribution in [0.1, 0.15) is 134 Å². The molecule has 2 fully saturated rings.